The van der Waals surface area contributed by atoms with Crippen molar-refractivity contribution in [3.05, 3.63) is 23.0 Å². The zero-order chi connectivity index (χ0) is 10.9. The molecule has 0 aromatic carbocycles. The van der Waals surface area contributed by atoms with Crippen molar-refractivity contribution in [3.8, 4) is 5.75 Å². The van der Waals surface area contributed by atoms with E-state index in [0.29, 0.717) is 0 Å². The molecule has 0 aliphatic carbocycles. The lowest BCUT2D eigenvalue weighted by Crippen LogP contribution is -2.14. The van der Waals surface area contributed by atoms with Gasteiger partial charge in [-0.15, -0.1) is 0 Å². The first-order valence-electron chi connectivity index (χ1n) is 3.72. The molecule has 0 unspecified atom stereocenters. The molecule has 0 spiro atoms. The smallest absolute Gasteiger partial charge is 0.284 e. The number of aromatic nitrogens is 1. The van der Waals surface area contributed by atoms with Crippen LogP contribution >= 0.6 is 0 Å². The molecule has 0 saturated carbocycles. The molecule has 0 fully saturated rings. The summed E-state index contributed by atoms with van der Waals surface area (Å²) >= 11 is 0. The number of rotatable bonds is 2. The Bertz CT molecular complexity index is 380. The molecule has 0 radical (unpaired) electrons. The number of hydrogen-bond donors (Lipinski definition) is 2. The number of pyridine rings is 1. The summed E-state index contributed by atoms with van der Waals surface area (Å²) in [4.78, 5) is 13.9. The lowest BCUT2D eigenvalue weighted by atomic mass is 10.2. The van der Waals surface area contributed by atoms with Gasteiger partial charge < -0.3 is 10.8 Å². The van der Waals surface area contributed by atoms with Crippen LogP contribution in [-0.2, 0) is 0 Å². The van der Waals surface area contributed by atoms with E-state index >= 15 is 0 Å². The predicted molar refractivity (Wildman–Crippen MR) is 44.1 cm³/mol. The second-order valence-corrected chi connectivity index (χ2v) is 2.72. The number of aryl methyl sites for hydroxylation is 1. The number of halogens is 2. The first-order chi connectivity index (χ1) is 6.43. The third-order valence-electron chi connectivity index (χ3n) is 1.67. The molecule has 76 valence electrons. The molecular formula is C8H8F2N2O2. The highest BCUT2D eigenvalue weighted by Gasteiger charge is 2.19. The number of nitrogens with two attached hydrogens (primary N) is 1. The van der Waals surface area contributed by atoms with Gasteiger partial charge in [-0.25, -0.2) is 13.8 Å². The molecule has 3 N–H and O–H groups in total. The number of carbonyl (C=O) groups is 1. The van der Waals surface area contributed by atoms with Gasteiger partial charge in [0.05, 0.1) is 0 Å². The van der Waals surface area contributed by atoms with Crippen molar-refractivity contribution >= 4 is 5.91 Å². The van der Waals surface area contributed by atoms with E-state index in [-0.39, 0.29) is 11.3 Å². The molecule has 1 rings (SSSR count). The van der Waals surface area contributed by atoms with E-state index in [9.17, 15) is 18.7 Å². The van der Waals surface area contributed by atoms with Crippen LogP contribution in [0.5, 0.6) is 5.75 Å². The molecule has 0 bridgehead atoms. The van der Waals surface area contributed by atoms with Crippen LogP contribution in [0.2, 0.25) is 0 Å². The largest absolute Gasteiger partial charge is 0.506 e. The van der Waals surface area contributed by atoms with E-state index in [4.69, 9.17) is 5.73 Å². The zero-order valence-corrected chi connectivity index (χ0v) is 7.29. The van der Waals surface area contributed by atoms with Crippen molar-refractivity contribution in [1.82, 2.24) is 4.98 Å². The SMILES string of the molecule is Cc1cc(C(N)=O)nc(C(F)F)c1O. The van der Waals surface area contributed by atoms with Gasteiger partial charge in [0.15, 0.2) is 0 Å². The lowest BCUT2D eigenvalue weighted by Gasteiger charge is -2.06. The van der Waals surface area contributed by atoms with Gasteiger partial charge in [0.2, 0.25) is 0 Å². The normalized spacial score (nSPS) is 10.6. The minimum Gasteiger partial charge on any atom is -0.506 e. The molecule has 0 saturated heterocycles. The van der Waals surface area contributed by atoms with Crippen LogP contribution in [0.1, 0.15) is 28.2 Å². The van der Waals surface area contributed by atoms with Crippen LogP contribution in [0.25, 0.3) is 0 Å². The number of nitrogens with zero attached hydrogens (tertiary/aromatic N) is 1. The van der Waals surface area contributed by atoms with E-state index in [2.05, 4.69) is 4.98 Å². The van der Waals surface area contributed by atoms with Crippen molar-refractivity contribution in [2.75, 3.05) is 0 Å². The topological polar surface area (TPSA) is 76.2 Å². The molecule has 1 aromatic rings. The van der Waals surface area contributed by atoms with Gasteiger partial charge in [-0.2, -0.15) is 0 Å². The van der Waals surface area contributed by atoms with Crippen molar-refractivity contribution < 1.29 is 18.7 Å². The number of carbonyl (C=O) groups excluding carboxylic acids is 1. The van der Waals surface area contributed by atoms with Gasteiger partial charge in [-0.05, 0) is 18.6 Å². The van der Waals surface area contributed by atoms with Crippen LogP contribution in [0.15, 0.2) is 6.07 Å². The maximum atomic E-state index is 12.3. The number of amides is 1. The second-order valence-electron chi connectivity index (χ2n) is 2.72. The molecule has 0 aliphatic heterocycles. The average molecular weight is 202 g/mol. The summed E-state index contributed by atoms with van der Waals surface area (Å²) in [6, 6.07) is 1.16. The summed E-state index contributed by atoms with van der Waals surface area (Å²) in [5.74, 6) is -1.51. The number of primary amides is 1. The predicted octanol–water partition coefficient (Wildman–Crippen LogP) is 1.13. The molecule has 14 heavy (non-hydrogen) atoms. The lowest BCUT2D eigenvalue weighted by molar-refractivity contribution is 0.0993. The monoisotopic (exact) mass is 202 g/mol. The number of hydrogen-bond acceptors (Lipinski definition) is 3. The quantitative estimate of drug-likeness (QED) is 0.754. The molecule has 0 aliphatic rings. The maximum Gasteiger partial charge on any atom is 0.284 e. The zero-order valence-electron chi connectivity index (χ0n) is 7.29. The van der Waals surface area contributed by atoms with Crippen LogP contribution in [0.4, 0.5) is 8.78 Å². The fourth-order valence-electron chi connectivity index (χ4n) is 0.969. The van der Waals surface area contributed by atoms with Gasteiger partial charge >= 0.3 is 0 Å². The summed E-state index contributed by atoms with van der Waals surface area (Å²) in [7, 11) is 0. The van der Waals surface area contributed by atoms with Gasteiger partial charge in [-0.3, -0.25) is 4.79 Å². The summed E-state index contributed by atoms with van der Waals surface area (Å²) in [5, 5.41) is 9.18. The highest BCUT2D eigenvalue weighted by atomic mass is 19.3. The van der Waals surface area contributed by atoms with Gasteiger partial charge in [0.25, 0.3) is 12.3 Å². The van der Waals surface area contributed by atoms with E-state index in [1.807, 2.05) is 0 Å². The fourth-order valence-corrected chi connectivity index (χ4v) is 0.969. The Morgan fingerprint density at radius 3 is 2.64 bits per heavy atom. The summed E-state index contributed by atoms with van der Waals surface area (Å²) in [5.41, 5.74) is 3.91. The molecule has 0 atom stereocenters. The Morgan fingerprint density at radius 1 is 1.64 bits per heavy atom. The van der Waals surface area contributed by atoms with Crippen molar-refractivity contribution in [2.24, 2.45) is 5.73 Å². The molecule has 1 aromatic heterocycles. The first kappa shape index (κ1) is 10.4. The summed E-state index contributed by atoms with van der Waals surface area (Å²) in [6.45, 7) is 1.38. The molecule has 1 heterocycles. The summed E-state index contributed by atoms with van der Waals surface area (Å²) in [6.07, 6.45) is -2.94. The van der Waals surface area contributed by atoms with Crippen molar-refractivity contribution in [3.63, 3.8) is 0 Å². The third kappa shape index (κ3) is 1.78. The molecule has 6 heteroatoms. The van der Waals surface area contributed by atoms with Crippen LogP contribution in [0.3, 0.4) is 0 Å². The highest BCUT2D eigenvalue weighted by Crippen LogP contribution is 2.29. The fraction of sp³-hybridized carbons (Fsp3) is 0.250. The van der Waals surface area contributed by atoms with Crippen LogP contribution in [0, 0.1) is 6.92 Å². The van der Waals surface area contributed by atoms with Crippen molar-refractivity contribution in [2.45, 2.75) is 13.3 Å². The van der Waals surface area contributed by atoms with E-state index in [1.165, 1.54) is 6.92 Å². The highest BCUT2D eigenvalue weighted by molar-refractivity contribution is 5.91. The third-order valence-corrected chi connectivity index (χ3v) is 1.67. The van der Waals surface area contributed by atoms with Crippen LogP contribution in [-0.4, -0.2) is 16.0 Å². The minimum atomic E-state index is -2.94. The molecule has 4 nitrogen and oxygen atoms in total. The maximum absolute atomic E-state index is 12.3. The number of alkyl halides is 2. The van der Waals surface area contributed by atoms with E-state index in [0.717, 1.165) is 6.07 Å². The number of aromatic hydroxyl groups is 1. The second kappa shape index (κ2) is 3.57. The standard InChI is InChI=1S/C8H8F2N2O2/c1-3-2-4(8(11)14)12-5(6(3)13)7(9)10/h2,7,13H,1H3,(H2,11,14). The first-order valence-corrected chi connectivity index (χ1v) is 3.72. The van der Waals surface area contributed by atoms with E-state index in [1.54, 1.807) is 0 Å². The van der Waals surface area contributed by atoms with Gasteiger partial charge in [0.1, 0.15) is 17.1 Å². The summed E-state index contributed by atoms with van der Waals surface area (Å²) < 4.78 is 24.6. The van der Waals surface area contributed by atoms with Gasteiger partial charge in [-0.1, -0.05) is 0 Å². The molecular weight excluding hydrogens is 194 g/mol. The Balaban J connectivity index is 3.35. The van der Waals surface area contributed by atoms with Gasteiger partial charge in [0, 0.05) is 0 Å². The Hall–Kier alpha value is -1.72. The van der Waals surface area contributed by atoms with Crippen molar-refractivity contribution in [1.29, 1.82) is 0 Å². The Kier molecular flexibility index (Phi) is 2.64. The minimum absolute atomic E-state index is 0.143. The Morgan fingerprint density at radius 2 is 2.21 bits per heavy atom. The van der Waals surface area contributed by atoms with Crippen LogP contribution < -0.4 is 5.73 Å². The average Bonchev–Trinajstić information content (AvgIpc) is 2.08. The Labute approximate surface area is 78.4 Å². The molecule has 1 amide bonds. The van der Waals surface area contributed by atoms with E-state index < -0.39 is 23.8 Å².